The fourth-order valence-corrected chi connectivity index (χ4v) is 2.95. The number of hydrogen-bond donors (Lipinski definition) is 1. The van der Waals surface area contributed by atoms with E-state index < -0.39 is 5.97 Å². The van der Waals surface area contributed by atoms with Crippen LogP contribution >= 0.6 is 0 Å². The minimum absolute atomic E-state index is 0.283. The highest BCUT2D eigenvalue weighted by molar-refractivity contribution is 6.01. The Morgan fingerprint density at radius 2 is 2.05 bits per heavy atom. The number of aromatic carboxylic acids is 1. The third kappa shape index (κ3) is 1.99. The van der Waals surface area contributed by atoms with Crippen LogP contribution in [0.1, 0.15) is 61.8 Å². The topological polar surface area (TPSA) is 55.1 Å². The van der Waals surface area contributed by atoms with Crippen LogP contribution in [0.3, 0.4) is 0 Å². The standard InChI is InChI=1S/C16H20N2O2/c1-9(2)15-17-13-6-4-5-12(16(19)20)14(13)18(15)10(3)11-7-8-11/h4-6,9-11H,7-8H2,1-3H3,(H,19,20). The number of hydrogen-bond acceptors (Lipinski definition) is 2. The van der Waals surface area contributed by atoms with Gasteiger partial charge in [0, 0.05) is 12.0 Å². The van der Waals surface area contributed by atoms with Crippen LogP contribution in [0.25, 0.3) is 11.0 Å². The molecular formula is C16H20N2O2. The molecule has 1 aliphatic rings. The summed E-state index contributed by atoms with van der Waals surface area (Å²) in [5, 5.41) is 9.45. The van der Waals surface area contributed by atoms with E-state index in [9.17, 15) is 9.90 Å². The number of carbonyl (C=O) groups is 1. The predicted octanol–water partition coefficient (Wildman–Crippen LogP) is 3.83. The van der Waals surface area contributed by atoms with Crippen LogP contribution in [0, 0.1) is 5.92 Å². The van der Waals surface area contributed by atoms with Crippen LogP contribution in [-0.2, 0) is 0 Å². The first-order valence-electron chi connectivity index (χ1n) is 7.24. The lowest BCUT2D eigenvalue weighted by molar-refractivity contribution is 0.0698. The van der Waals surface area contributed by atoms with E-state index in [-0.39, 0.29) is 5.92 Å². The Bertz CT molecular complexity index is 668. The Morgan fingerprint density at radius 3 is 2.60 bits per heavy atom. The summed E-state index contributed by atoms with van der Waals surface area (Å²) in [4.78, 5) is 16.2. The Hall–Kier alpha value is -1.84. The number of rotatable bonds is 4. The van der Waals surface area contributed by atoms with Crippen LogP contribution in [0.15, 0.2) is 18.2 Å². The predicted molar refractivity (Wildman–Crippen MR) is 78.2 cm³/mol. The van der Waals surface area contributed by atoms with E-state index in [0.29, 0.717) is 17.5 Å². The van der Waals surface area contributed by atoms with Crippen LogP contribution in [0.4, 0.5) is 0 Å². The first kappa shape index (κ1) is 13.2. The fourth-order valence-electron chi connectivity index (χ4n) is 2.95. The third-order valence-corrected chi connectivity index (χ3v) is 4.20. The van der Waals surface area contributed by atoms with Gasteiger partial charge in [0.05, 0.1) is 16.6 Å². The summed E-state index contributed by atoms with van der Waals surface area (Å²) >= 11 is 0. The van der Waals surface area contributed by atoms with E-state index in [2.05, 4.69) is 30.3 Å². The van der Waals surface area contributed by atoms with Gasteiger partial charge < -0.3 is 9.67 Å². The lowest BCUT2D eigenvalue weighted by atomic mass is 10.1. The van der Waals surface area contributed by atoms with Gasteiger partial charge in [0.1, 0.15) is 5.82 Å². The molecule has 0 aliphatic heterocycles. The average Bonchev–Trinajstić information content (AvgIpc) is 3.16. The molecule has 2 aromatic rings. The second-order valence-electron chi connectivity index (χ2n) is 6.05. The Morgan fingerprint density at radius 1 is 1.35 bits per heavy atom. The molecule has 0 saturated heterocycles. The van der Waals surface area contributed by atoms with Gasteiger partial charge in [0.15, 0.2) is 0 Å². The number of imidazole rings is 1. The smallest absolute Gasteiger partial charge is 0.337 e. The average molecular weight is 272 g/mol. The van der Waals surface area contributed by atoms with Crippen LogP contribution < -0.4 is 0 Å². The van der Waals surface area contributed by atoms with Crippen molar-refractivity contribution in [2.75, 3.05) is 0 Å². The number of carboxylic acid groups (broad SMARTS) is 1. The van der Waals surface area contributed by atoms with Gasteiger partial charge in [0.25, 0.3) is 0 Å². The van der Waals surface area contributed by atoms with E-state index >= 15 is 0 Å². The normalized spacial score (nSPS) is 16.8. The third-order valence-electron chi connectivity index (χ3n) is 4.20. The van der Waals surface area contributed by atoms with E-state index in [0.717, 1.165) is 16.9 Å². The summed E-state index contributed by atoms with van der Waals surface area (Å²) in [5.74, 6) is 1.06. The highest BCUT2D eigenvalue weighted by Crippen LogP contribution is 2.42. The number of carboxylic acids is 1. The summed E-state index contributed by atoms with van der Waals surface area (Å²) in [7, 11) is 0. The van der Waals surface area contributed by atoms with Crippen molar-refractivity contribution < 1.29 is 9.90 Å². The maximum absolute atomic E-state index is 11.5. The molecule has 1 atom stereocenters. The number of aromatic nitrogens is 2. The summed E-state index contributed by atoms with van der Waals surface area (Å²) in [6, 6.07) is 5.67. The monoisotopic (exact) mass is 272 g/mol. The fraction of sp³-hybridized carbons (Fsp3) is 0.500. The molecule has 4 heteroatoms. The zero-order valence-electron chi connectivity index (χ0n) is 12.1. The number of fused-ring (bicyclic) bond motifs is 1. The molecule has 0 bridgehead atoms. The first-order chi connectivity index (χ1) is 9.50. The molecule has 1 N–H and O–H groups in total. The van der Waals surface area contributed by atoms with Crippen molar-refractivity contribution in [2.45, 2.75) is 45.6 Å². The molecule has 20 heavy (non-hydrogen) atoms. The van der Waals surface area contributed by atoms with Gasteiger partial charge >= 0.3 is 5.97 Å². The molecule has 0 spiro atoms. The largest absolute Gasteiger partial charge is 0.478 e. The van der Waals surface area contributed by atoms with Crippen molar-refractivity contribution in [2.24, 2.45) is 5.92 Å². The van der Waals surface area contributed by atoms with Crippen molar-refractivity contribution >= 4 is 17.0 Å². The first-order valence-corrected chi connectivity index (χ1v) is 7.24. The molecule has 1 aliphatic carbocycles. The van der Waals surface area contributed by atoms with Crippen molar-refractivity contribution in [3.05, 3.63) is 29.6 Å². The van der Waals surface area contributed by atoms with Crippen molar-refractivity contribution in [1.29, 1.82) is 0 Å². The summed E-state index contributed by atoms with van der Waals surface area (Å²) in [5.41, 5.74) is 1.93. The molecule has 0 radical (unpaired) electrons. The van der Waals surface area contributed by atoms with Crippen molar-refractivity contribution in [3.63, 3.8) is 0 Å². The van der Waals surface area contributed by atoms with Gasteiger partial charge in [-0.3, -0.25) is 0 Å². The maximum Gasteiger partial charge on any atom is 0.337 e. The molecule has 1 saturated carbocycles. The lowest BCUT2D eigenvalue weighted by Gasteiger charge is -2.19. The Balaban J connectivity index is 2.31. The van der Waals surface area contributed by atoms with Crippen molar-refractivity contribution in [3.8, 4) is 0 Å². The van der Waals surface area contributed by atoms with Crippen LogP contribution in [0.5, 0.6) is 0 Å². The molecule has 106 valence electrons. The molecule has 1 fully saturated rings. The van der Waals surface area contributed by atoms with Crippen LogP contribution in [-0.4, -0.2) is 20.6 Å². The molecule has 1 aromatic carbocycles. The molecular weight excluding hydrogens is 252 g/mol. The molecule has 3 rings (SSSR count). The summed E-state index contributed by atoms with van der Waals surface area (Å²) < 4.78 is 2.17. The van der Waals surface area contributed by atoms with Gasteiger partial charge in [-0.2, -0.15) is 0 Å². The minimum Gasteiger partial charge on any atom is -0.478 e. The van der Waals surface area contributed by atoms with Gasteiger partial charge in [-0.15, -0.1) is 0 Å². The van der Waals surface area contributed by atoms with E-state index in [1.54, 1.807) is 12.1 Å². The summed E-state index contributed by atoms with van der Waals surface area (Å²) in [6.07, 6.45) is 2.46. The van der Waals surface area contributed by atoms with Crippen molar-refractivity contribution in [1.82, 2.24) is 9.55 Å². The maximum atomic E-state index is 11.5. The molecule has 1 aromatic heterocycles. The molecule has 1 heterocycles. The van der Waals surface area contributed by atoms with Gasteiger partial charge in [-0.25, -0.2) is 9.78 Å². The number of nitrogens with zero attached hydrogens (tertiary/aromatic N) is 2. The highest BCUT2D eigenvalue weighted by atomic mass is 16.4. The quantitative estimate of drug-likeness (QED) is 0.920. The van der Waals surface area contributed by atoms with E-state index in [4.69, 9.17) is 0 Å². The Kier molecular flexibility index (Phi) is 3.04. The van der Waals surface area contributed by atoms with Gasteiger partial charge in [-0.1, -0.05) is 19.9 Å². The van der Waals surface area contributed by atoms with Crippen LogP contribution in [0.2, 0.25) is 0 Å². The minimum atomic E-state index is -0.880. The van der Waals surface area contributed by atoms with E-state index in [1.807, 2.05) is 6.07 Å². The molecule has 4 nitrogen and oxygen atoms in total. The van der Waals surface area contributed by atoms with Gasteiger partial charge in [-0.05, 0) is 37.8 Å². The lowest BCUT2D eigenvalue weighted by Crippen LogP contribution is -2.14. The zero-order valence-corrected chi connectivity index (χ0v) is 12.1. The number of benzene rings is 1. The Labute approximate surface area is 118 Å². The summed E-state index contributed by atoms with van der Waals surface area (Å²) in [6.45, 7) is 6.40. The molecule has 0 amide bonds. The molecule has 1 unspecified atom stereocenters. The van der Waals surface area contributed by atoms with Gasteiger partial charge in [0.2, 0.25) is 0 Å². The van der Waals surface area contributed by atoms with E-state index in [1.165, 1.54) is 12.8 Å². The SMILES string of the molecule is CC(C)c1nc2cccc(C(=O)O)c2n1C(C)C1CC1. The second-order valence-corrected chi connectivity index (χ2v) is 6.05. The highest BCUT2D eigenvalue weighted by Gasteiger charge is 2.33. The number of para-hydroxylation sites is 1. The second kappa shape index (κ2) is 4.62. The zero-order chi connectivity index (χ0) is 14.4.